The van der Waals surface area contributed by atoms with Gasteiger partial charge in [-0.1, -0.05) is 58.9 Å². The van der Waals surface area contributed by atoms with E-state index in [1.54, 1.807) is 0 Å². The van der Waals surface area contributed by atoms with Crippen LogP contribution in [0.3, 0.4) is 0 Å². The fourth-order valence-corrected chi connectivity index (χ4v) is 3.31. The average molecular weight is 318 g/mol. The predicted molar refractivity (Wildman–Crippen MR) is 75.9 cm³/mol. The van der Waals surface area contributed by atoms with Crippen LogP contribution in [0, 0.1) is 0 Å². The summed E-state index contributed by atoms with van der Waals surface area (Å²) in [6.45, 7) is 0.659. The zero-order chi connectivity index (χ0) is 12.1. The molecule has 1 aliphatic rings. The molecule has 0 heterocycles. The van der Waals surface area contributed by atoms with Crippen molar-refractivity contribution in [3.8, 4) is 0 Å². The van der Waals surface area contributed by atoms with Crippen molar-refractivity contribution in [1.82, 2.24) is 0 Å². The maximum Gasteiger partial charge on any atom is 0.0783 e. The van der Waals surface area contributed by atoms with E-state index in [1.807, 2.05) is 18.2 Å². The van der Waals surface area contributed by atoms with Crippen molar-refractivity contribution in [3.05, 3.63) is 34.9 Å². The quantitative estimate of drug-likeness (QED) is 0.714. The number of benzene rings is 1. The summed E-state index contributed by atoms with van der Waals surface area (Å²) in [5.41, 5.74) is 1.20. The maximum absolute atomic E-state index is 6.16. The van der Waals surface area contributed by atoms with Crippen molar-refractivity contribution >= 4 is 27.5 Å². The van der Waals surface area contributed by atoms with Gasteiger partial charge in [0, 0.05) is 10.4 Å². The SMILES string of the molecule is Clc1cccc(COC2(CBr)CCCCC2)c1. The van der Waals surface area contributed by atoms with Crippen molar-refractivity contribution in [1.29, 1.82) is 0 Å². The molecule has 0 amide bonds. The van der Waals surface area contributed by atoms with Crippen molar-refractivity contribution < 1.29 is 4.74 Å². The maximum atomic E-state index is 6.16. The summed E-state index contributed by atoms with van der Waals surface area (Å²) in [7, 11) is 0. The van der Waals surface area contributed by atoms with Crippen LogP contribution in [0.1, 0.15) is 37.7 Å². The van der Waals surface area contributed by atoms with Gasteiger partial charge in [0.25, 0.3) is 0 Å². The highest BCUT2D eigenvalue weighted by molar-refractivity contribution is 9.09. The Morgan fingerprint density at radius 1 is 1.24 bits per heavy atom. The number of hydrogen-bond donors (Lipinski definition) is 0. The molecule has 0 atom stereocenters. The number of halogens is 2. The fraction of sp³-hybridized carbons (Fsp3) is 0.571. The molecule has 1 aliphatic carbocycles. The molecule has 1 fully saturated rings. The standard InChI is InChI=1S/C14H18BrClO/c15-11-14(7-2-1-3-8-14)17-10-12-5-4-6-13(16)9-12/h4-6,9H,1-3,7-8,10-11H2. The van der Waals surface area contributed by atoms with Gasteiger partial charge in [0.05, 0.1) is 12.2 Å². The Labute approximate surface area is 117 Å². The number of rotatable bonds is 4. The van der Waals surface area contributed by atoms with Gasteiger partial charge in [-0.25, -0.2) is 0 Å². The van der Waals surface area contributed by atoms with E-state index in [4.69, 9.17) is 16.3 Å². The van der Waals surface area contributed by atoms with Crippen molar-refractivity contribution in [3.63, 3.8) is 0 Å². The zero-order valence-electron chi connectivity index (χ0n) is 9.92. The molecular weight excluding hydrogens is 300 g/mol. The van der Waals surface area contributed by atoms with E-state index >= 15 is 0 Å². The van der Waals surface area contributed by atoms with Crippen LogP contribution in [0.15, 0.2) is 24.3 Å². The Balaban J connectivity index is 1.95. The fourth-order valence-electron chi connectivity index (χ4n) is 2.38. The molecule has 17 heavy (non-hydrogen) atoms. The van der Waals surface area contributed by atoms with Gasteiger partial charge in [0.15, 0.2) is 0 Å². The molecule has 1 nitrogen and oxygen atoms in total. The normalized spacial score (nSPS) is 19.2. The highest BCUT2D eigenvalue weighted by atomic mass is 79.9. The van der Waals surface area contributed by atoms with E-state index in [1.165, 1.54) is 32.1 Å². The molecule has 0 spiro atoms. The van der Waals surface area contributed by atoms with Gasteiger partial charge in [-0.2, -0.15) is 0 Å². The van der Waals surface area contributed by atoms with Gasteiger partial charge in [0.1, 0.15) is 0 Å². The summed E-state index contributed by atoms with van der Waals surface area (Å²) in [5.74, 6) is 0. The Bertz CT molecular complexity index is 361. The number of hydrogen-bond acceptors (Lipinski definition) is 1. The van der Waals surface area contributed by atoms with E-state index in [-0.39, 0.29) is 5.60 Å². The largest absolute Gasteiger partial charge is 0.369 e. The first-order valence-corrected chi connectivity index (χ1v) is 7.68. The third kappa shape index (κ3) is 3.70. The minimum atomic E-state index is 0.0422. The molecule has 1 aromatic carbocycles. The predicted octanol–water partition coefficient (Wildman–Crippen LogP) is 4.95. The Morgan fingerprint density at radius 3 is 2.65 bits per heavy atom. The highest BCUT2D eigenvalue weighted by Crippen LogP contribution is 2.34. The number of alkyl halides is 1. The molecular formula is C14H18BrClO. The molecule has 94 valence electrons. The lowest BCUT2D eigenvalue weighted by molar-refractivity contribution is -0.0619. The minimum absolute atomic E-state index is 0.0422. The van der Waals surface area contributed by atoms with Crippen LogP contribution in [0.25, 0.3) is 0 Å². The molecule has 0 bridgehead atoms. The summed E-state index contributed by atoms with van der Waals surface area (Å²) in [6, 6.07) is 7.91. The van der Waals surface area contributed by atoms with Crippen molar-refractivity contribution in [2.24, 2.45) is 0 Å². The van der Waals surface area contributed by atoms with E-state index in [9.17, 15) is 0 Å². The van der Waals surface area contributed by atoms with E-state index in [0.29, 0.717) is 6.61 Å². The lowest BCUT2D eigenvalue weighted by Gasteiger charge is -2.35. The first-order valence-electron chi connectivity index (χ1n) is 6.18. The Kier molecular flexibility index (Phi) is 4.89. The van der Waals surface area contributed by atoms with Gasteiger partial charge >= 0.3 is 0 Å². The molecule has 0 radical (unpaired) electrons. The van der Waals surface area contributed by atoms with Crippen LogP contribution in [-0.2, 0) is 11.3 Å². The van der Waals surface area contributed by atoms with Gasteiger partial charge in [-0.05, 0) is 30.5 Å². The van der Waals surface area contributed by atoms with Crippen LogP contribution in [-0.4, -0.2) is 10.9 Å². The van der Waals surface area contributed by atoms with Gasteiger partial charge < -0.3 is 4.74 Å². The molecule has 0 aromatic heterocycles. The zero-order valence-corrected chi connectivity index (χ0v) is 12.3. The summed E-state index contributed by atoms with van der Waals surface area (Å²) in [6.07, 6.45) is 6.23. The van der Waals surface area contributed by atoms with Crippen LogP contribution in [0.5, 0.6) is 0 Å². The average Bonchev–Trinajstić information content (AvgIpc) is 2.38. The lowest BCUT2D eigenvalue weighted by Crippen LogP contribution is -2.36. The molecule has 0 unspecified atom stereocenters. The Hall–Kier alpha value is -0.0500. The Morgan fingerprint density at radius 2 is 2.00 bits per heavy atom. The smallest absolute Gasteiger partial charge is 0.0783 e. The summed E-state index contributed by atoms with van der Waals surface area (Å²) >= 11 is 9.58. The van der Waals surface area contributed by atoms with Crippen LogP contribution in [0.4, 0.5) is 0 Å². The van der Waals surface area contributed by atoms with Gasteiger partial charge in [0.2, 0.25) is 0 Å². The summed E-state index contributed by atoms with van der Waals surface area (Å²) < 4.78 is 6.16. The number of ether oxygens (including phenoxy) is 1. The van der Waals surface area contributed by atoms with E-state index in [2.05, 4.69) is 22.0 Å². The lowest BCUT2D eigenvalue weighted by atomic mass is 9.86. The molecule has 1 saturated carbocycles. The highest BCUT2D eigenvalue weighted by Gasteiger charge is 2.31. The van der Waals surface area contributed by atoms with Gasteiger partial charge in [-0.3, -0.25) is 0 Å². The molecule has 1 aromatic rings. The van der Waals surface area contributed by atoms with Crippen LogP contribution < -0.4 is 0 Å². The first kappa shape index (κ1) is 13.4. The van der Waals surface area contributed by atoms with E-state index < -0.39 is 0 Å². The van der Waals surface area contributed by atoms with Crippen LogP contribution >= 0.6 is 27.5 Å². The first-order chi connectivity index (χ1) is 8.24. The minimum Gasteiger partial charge on any atom is -0.369 e. The van der Waals surface area contributed by atoms with E-state index in [0.717, 1.165) is 15.9 Å². The second-order valence-corrected chi connectivity index (χ2v) is 5.79. The second-order valence-electron chi connectivity index (χ2n) is 4.80. The molecule has 2 rings (SSSR count). The molecule has 0 N–H and O–H groups in total. The molecule has 0 saturated heterocycles. The molecule has 3 heteroatoms. The van der Waals surface area contributed by atoms with Crippen molar-refractivity contribution in [2.45, 2.75) is 44.3 Å². The van der Waals surface area contributed by atoms with Crippen LogP contribution in [0.2, 0.25) is 5.02 Å². The second kappa shape index (κ2) is 6.21. The van der Waals surface area contributed by atoms with Crippen molar-refractivity contribution in [2.75, 3.05) is 5.33 Å². The molecule has 0 aliphatic heterocycles. The monoisotopic (exact) mass is 316 g/mol. The topological polar surface area (TPSA) is 9.23 Å². The third-order valence-corrected chi connectivity index (χ3v) is 4.70. The van der Waals surface area contributed by atoms with Gasteiger partial charge in [-0.15, -0.1) is 0 Å². The summed E-state index contributed by atoms with van der Waals surface area (Å²) in [5, 5.41) is 1.71. The summed E-state index contributed by atoms with van der Waals surface area (Å²) in [4.78, 5) is 0. The third-order valence-electron chi connectivity index (χ3n) is 3.44.